The summed E-state index contributed by atoms with van der Waals surface area (Å²) in [6, 6.07) is 11.8. The van der Waals surface area contributed by atoms with E-state index >= 15 is 0 Å². The van der Waals surface area contributed by atoms with Gasteiger partial charge in [-0.3, -0.25) is 14.6 Å². The highest BCUT2D eigenvalue weighted by molar-refractivity contribution is 5.95. The average molecular weight is 337 g/mol. The second-order valence-corrected chi connectivity index (χ2v) is 6.86. The lowest BCUT2D eigenvalue weighted by atomic mass is 10.0. The smallest absolute Gasteiger partial charge is 0.272 e. The quantitative estimate of drug-likeness (QED) is 0.880. The minimum atomic E-state index is -0.546. The summed E-state index contributed by atoms with van der Waals surface area (Å²) < 4.78 is 0. The third kappa shape index (κ3) is 4.05. The predicted molar refractivity (Wildman–Crippen MR) is 96.2 cm³/mol. The highest BCUT2D eigenvalue weighted by Crippen LogP contribution is 2.30. The van der Waals surface area contributed by atoms with Gasteiger partial charge in [0.05, 0.1) is 5.56 Å². The molecule has 0 radical (unpaired) electrons. The van der Waals surface area contributed by atoms with E-state index in [9.17, 15) is 9.59 Å². The Morgan fingerprint density at radius 3 is 2.32 bits per heavy atom. The van der Waals surface area contributed by atoms with Gasteiger partial charge in [-0.2, -0.15) is 0 Å². The van der Waals surface area contributed by atoms with E-state index in [-0.39, 0.29) is 11.9 Å². The van der Waals surface area contributed by atoms with Crippen LogP contribution in [0.4, 0.5) is 0 Å². The molecule has 0 atom stereocenters. The Morgan fingerprint density at radius 1 is 1.16 bits per heavy atom. The minimum absolute atomic E-state index is 0.105. The first-order chi connectivity index (χ1) is 12.0. The zero-order chi connectivity index (χ0) is 18.0. The number of pyridine rings is 1. The van der Waals surface area contributed by atoms with Crippen LogP contribution in [0, 0.1) is 0 Å². The number of aromatic nitrogens is 1. The maximum Gasteiger partial charge on any atom is 0.272 e. The first-order valence-electron chi connectivity index (χ1n) is 8.61. The van der Waals surface area contributed by atoms with Gasteiger partial charge in [0, 0.05) is 18.8 Å². The molecule has 2 N–H and O–H groups in total. The summed E-state index contributed by atoms with van der Waals surface area (Å²) in [4.78, 5) is 30.0. The number of carbonyl (C=O) groups excluding carboxylic acids is 2. The number of rotatable bonds is 6. The van der Waals surface area contributed by atoms with Crippen LogP contribution in [0.1, 0.15) is 64.6 Å². The molecule has 1 fully saturated rings. The highest BCUT2D eigenvalue weighted by atomic mass is 16.2. The molecule has 5 nitrogen and oxygen atoms in total. The van der Waals surface area contributed by atoms with Gasteiger partial charge in [-0.1, -0.05) is 38.1 Å². The van der Waals surface area contributed by atoms with Crippen molar-refractivity contribution in [3.05, 3.63) is 65.0 Å². The maximum absolute atomic E-state index is 12.8. The van der Waals surface area contributed by atoms with Crippen LogP contribution in [-0.2, 0) is 6.54 Å². The Kier molecular flexibility index (Phi) is 4.83. The van der Waals surface area contributed by atoms with Crippen LogP contribution >= 0.6 is 0 Å². The summed E-state index contributed by atoms with van der Waals surface area (Å²) in [7, 11) is 0. The predicted octanol–water partition coefficient (Wildman–Crippen LogP) is 3.11. The number of amides is 2. The molecule has 0 aliphatic heterocycles. The third-order valence-electron chi connectivity index (χ3n) is 4.51. The summed E-state index contributed by atoms with van der Waals surface area (Å²) in [5.41, 5.74) is 8.27. The van der Waals surface area contributed by atoms with Crippen molar-refractivity contribution < 1.29 is 9.59 Å². The van der Waals surface area contributed by atoms with Crippen molar-refractivity contribution in [3.63, 3.8) is 0 Å². The summed E-state index contributed by atoms with van der Waals surface area (Å²) >= 11 is 0. The zero-order valence-electron chi connectivity index (χ0n) is 14.6. The average Bonchev–Trinajstić information content (AvgIpc) is 3.44. The van der Waals surface area contributed by atoms with Crippen molar-refractivity contribution >= 4 is 11.8 Å². The topological polar surface area (TPSA) is 76.3 Å². The van der Waals surface area contributed by atoms with E-state index in [1.807, 2.05) is 4.90 Å². The Hall–Kier alpha value is -2.69. The van der Waals surface area contributed by atoms with Crippen molar-refractivity contribution in [2.75, 3.05) is 0 Å². The van der Waals surface area contributed by atoms with E-state index in [1.54, 1.807) is 12.1 Å². The molecule has 3 rings (SSSR count). The van der Waals surface area contributed by atoms with Crippen LogP contribution in [0.25, 0.3) is 0 Å². The molecule has 1 heterocycles. The van der Waals surface area contributed by atoms with Crippen LogP contribution in [0.2, 0.25) is 0 Å². The van der Waals surface area contributed by atoms with E-state index in [2.05, 4.69) is 43.1 Å². The van der Waals surface area contributed by atoms with Gasteiger partial charge in [-0.05, 0) is 42.0 Å². The molecule has 1 aromatic carbocycles. The van der Waals surface area contributed by atoms with Crippen molar-refractivity contribution in [2.45, 2.75) is 45.2 Å². The number of benzene rings is 1. The first-order valence-corrected chi connectivity index (χ1v) is 8.61. The monoisotopic (exact) mass is 337 g/mol. The molecule has 1 aromatic heterocycles. The Bertz CT molecular complexity index is 763. The molecule has 0 spiro atoms. The van der Waals surface area contributed by atoms with E-state index in [1.165, 1.54) is 11.8 Å². The molecule has 0 unspecified atom stereocenters. The molecular formula is C20H23N3O2. The molecule has 1 aliphatic rings. The molecule has 2 aromatic rings. The van der Waals surface area contributed by atoms with Gasteiger partial charge >= 0.3 is 0 Å². The van der Waals surface area contributed by atoms with Crippen LogP contribution in [0.15, 0.2) is 42.6 Å². The lowest BCUT2D eigenvalue weighted by molar-refractivity contribution is 0.0723. The lowest BCUT2D eigenvalue weighted by Crippen LogP contribution is -2.33. The summed E-state index contributed by atoms with van der Waals surface area (Å²) in [6.07, 6.45) is 3.41. The van der Waals surface area contributed by atoms with Crippen molar-refractivity contribution in [1.29, 1.82) is 0 Å². The lowest BCUT2D eigenvalue weighted by Gasteiger charge is -2.22. The molecular weight excluding hydrogens is 314 g/mol. The Morgan fingerprint density at radius 2 is 1.84 bits per heavy atom. The fourth-order valence-electron chi connectivity index (χ4n) is 2.77. The number of nitrogens with two attached hydrogens (primary N) is 1. The number of hydrogen-bond donors (Lipinski definition) is 1. The number of carbonyl (C=O) groups is 2. The highest BCUT2D eigenvalue weighted by Gasteiger charge is 2.33. The minimum Gasteiger partial charge on any atom is -0.366 e. The zero-order valence-corrected chi connectivity index (χ0v) is 14.6. The Labute approximate surface area is 147 Å². The van der Waals surface area contributed by atoms with Crippen LogP contribution in [-0.4, -0.2) is 27.7 Å². The molecule has 5 heteroatoms. The van der Waals surface area contributed by atoms with E-state index in [4.69, 9.17) is 5.73 Å². The molecule has 0 saturated heterocycles. The molecule has 0 bridgehead atoms. The van der Waals surface area contributed by atoms with E-state index < -0.39 is 5.91 Å². The van der Waals surface area contributed by atoms with E-state index in [0.717, 1.165) is 18.4 Å². The van der Waals surface area contributed by atoms with Crippen LogP contribution in [0.5, 0.6) is 0 Å². The number of hydrogen-bond acceptors (Lipinski definition) is 3. The summed E-state index contributed by atoms with van der Waals surface area (Å²) in [6.45, 7) is 4.90. The second kappa shape index (κ2) is 7.05. The maximum atomic E-state index is 12.8. The second-order valence-electron chi connectivity index (χ2n) is 6.86. The van der Waals surface area contributed by atoms with Crippen molar-refractivity contribution in [1.82, 2.24) is 9.88 Å². The normalized spacial score (nSPS) is 13.7. The SMILES string of the molecule is CC(C)c1ccc(CN(C(=O)c2ccc(C(N)=O)cn2)C2CC2)cc1. The molecule has 1 aliphatic carbocycles. The standard InChI is InChI=1S/C20H23N3O2/c1-13(2)15-5-3-14(4-6-15)12-23(17-8-9-17)20(25)18-10-7-16(11-22-18)19(21)24/h3-7,10-11,13,17H,8-9,12H2,1-2H3,(H2,21,24). The fourth-order valence-corrected chi connectivity index (χ4v) is 2.77. The van der Waals surface area contributed by atoms with Gasteiger partial charge in [0.2, 0.25) is 5.91 Å². The Balaban J connectivity index is 1.76. The third-order valence-corrected chi connectivity index (χ3v) is 4.51. The number of nitrogens with zero attached hydrogens (tertiary/aromatic N) is 2. The van der Waals surface area contributed by atoms with Crippen molar-refractivity contribution in [2.24, 2.45) is 5.73 Å². The summed E-state index contributed by atoms with van der Waals surface area (Å²) in [5, 5.41) is 0. The van der Waals surface area contributed by atoms with E-state index in [0.29, 0.717) is 23.7 Å². The van der Waals surface area contributed by atoms with Gasteiger partial charge in [-0.25, -0.2) is 0 Å². The van der Waals surface area contributed by atoms with Gasteiger partial charge in [0.1, 0.15) is 5.69 Å². The molecule has 2 amide bonds. The van der Waals surface area contributed by atoms with Gasteiger partial charge < -0.3 is 10.6 Å². The molecule has 130 valence electrons. The first kappa shape index (κ1) is 17.1. The van der Waals surface area contributed by atoms with Gasteiger partial charge in [-0.15, -0.1) is 0 Å². The van der Waals surface area contributed by atoms with Crippen LogP contribution < -0.4 is 5.73 Å². The summed E-state index contributed by atoms with van der Waals surface area (Å²) in [5.74, 6) is -0.162. The van der Waals surface area contributed by atoms with Gasteiger partial charge in [0.15, 0.2) is 0 Å². The molecule has 1 saturated carbocycles. The van der Waals surface area contributed by atoms with Crippen molar-refractivity contribution in [3.8, 4) is 0 Å². The van der Waals surface area contributed by atoms with Crippen LogP contribution in [0.3, 0.4) is 0 Å². The molecule has 25 heavy (non-hydrogen) atoms. The fraction of sp³-hybridized carbons (Fsp3) is 0.350. The number of primary amides is 1. The largest absolute Gasteiger partial charge is 0.366 e. The van der Waals surface area contributed by atoms with Gasteiger partial charge in [0.25, 0.3) is 5.91 Å².